The molecule has 1 aliphatic heterocycles. The number of hydrogen-bond acceptors (Lipinski definition) is 11. The van der Waals surface area contributed by atoms with E-state index in [0.29, 0.717) is 0 Å². The predicted molar refractivity (Wildman–Crippen MR) is 102 cm³/mol. The molecule has 0 radical (unpaired) electrons. The Labute approximate surface area is 183 Å². The second kappa shape index (κ2) is 12.0. The Morgan fingerprint density at radius 3 is 1.97 bits per heavy atom. The highest BCUT2D eigenvalue weighted by atomic mass is 16.6. The normalized spacial score (nSPS) is 25.7. The third kappa shape index (κ3) is 8.47. The highest BCUT2D eigenvalue weighted by Gasteiger charge is 2.51. The van der Waals surface area contributed by atoms with Gasteiger partial charge in [-0.3, -0.25) is 34.1 Å². The molecule has 2 amide bonds. The van der Waals surface area contributed by atoms with Crippen molar-refractivity contribution in [1.29, 1.82) is 0 Å². The number of primary amides is 1. The van der Waals surface area contributed by atoms with Crippen LogP contribution in [0.5, 0.6) is 0 Å². The van der Waals surface area contributed by atoms with Crippen molar-refractivity contribution in [2.75, 3.05) is 6.61 Å². The maximum absolute atomic E-state index is 11.8. The summed E-state index contributed by atoms with van der Waals surface area (Å²) in [6.45, 7) is 3.96. The van der Waals surface area contributed by atoms with Crippen LogP contribution in [-0.2, 0) is 47.7 Å². The van der Waals surface area contributed by atoms with Crippen molar-refractivity contribution in [3.05, 3.63) is 0 Å². The van der Waals surface area contributed by atoms with E-state index in [9.17, 15) is 33.9 Å². The number of esters is 3. The van der Waals surface area contributed by atoms with Crippen LogP contribution in [0.1, 0.15) is 34.1 Å². The highest BCUT2D eigenvalue weighted by molar-refractivity contribution is 5.83. The van der Waals surface area contributed by atoms with Crippen molar-refractivity contribution in [2.24, 2.45) is 5.73 Å². The SMILES string of the molecule is CC(=O)N[C@@H]1[C@@H](OC(C)=O)[C@H](OC(C)=O)[C@@H](COC(C)=O)O[C@H]1N[C@H](CC(N)=O)C(=O)O. The summed E-state index contributed by atoms with van der Waals surface area (Å²) >= 11 is 0. The highest BCUT2D eigenvalue weighted by Crippen LogP contribution is 2.27. The van der Waals surface area contributed by atoms with E-state index >= 15 is 0 Å². The summed E-state index contributed by atoms with van der Waals surface area (Å²) in [6.07, 6.45) is -5.92. The second-order valence-corrected chi connectivity index (χ2v) is 7.00. The molecule has 1 rings (SSSR count). The van der Waals surface area contributed by atoms with Gasteiger partial charge in [0, 0.05) is 27.7 Å². The molecule has 1 aliphatic rings. The fourth-order valence-electron chi connectivity index (χ4n) is 3.09. The molecule has 0 aromatic heterocycles. The van der Waals surface area contributed by atoms with E-state index in [4.69, 9.17) is 24.7 Å². The van der Waals surface area contributed by atoms with Crippen molar-refractivity contribution in [1.82, 2.24) is 10.6 Å². The average molecular weight is 461 g/mol. The quantitative estimate of drug-likeness (QED) is 0.197. The lowest BCUT2D eigenvalue weighted by Crippen LogP contribution is -2.70. The van der Waals surface area contributed by atoms with E-state index in [0.717, 1.165) is 27.7 Å². The molecular weight excluding hydrogens is 434 g/mol. The summed E-state index contributed by atoms with van der Waals surface area (Å²) in [5, 5.41) is 14.4. The molecule has 14 nitrogen and oxygen atoms in total. The van der Waals surface area contributed by atoms with Gasteiger partial charge < -0.3 is 35.1 Å². The van der Waals surface area contributed by atoms with Crippen LogP contribution in [-0.4, -0.2) is 84.0 Å². The first kappa shape index (κ1) is 26.8. The molecule has 0 aliphatic carbocycles. The van der Waals surface area contributed by atoms with Crippen molar-refractivity contribution in [2.45, 2.75) is 70.7 Å². The number of nitrogens with two attached hydrogens (primary N) is 1. The summed E-state index contributed by atoms with van der Waals surface area (Å²) < 4.78 is 21.2. The largest absolute Gasteiger partial charge is 0.480 e. The van der Waals surface area contributed by atoms with E-state index in [1.165, 1.54) is 0 Å². The zero-order valence-electron chi connectivity index (χ0n) is 18.0. The maximum Gasteiger partial charge on any atom is 0.321 e. The van der Waals surface area contributed by atoms with Crippen molar-refractivity contribution in [3.63, 3.8) is 0 Å². The van der Waals surface area contributed by atoms with Gasteiger partial charge >= 0.3 is 23.9 Å². The molecule has 0 bridgehead atoms. The summed E-state index contributed by atoms with van der Waals surface area (Å²) in [7, 11) is 0. The monoisotopic (exact) mass is 461 g/mol. The molecule has 1 saturated heterocycles. The van der Waals surface area contributed by atoms with Gasteiger partial charge in [-0.15, -0.1) is 0 Å². The first-order valence-electron chi connectivity index (χ1n) is 9.49. The first-order chi connectivity index (χ1) is 14.8. The standard InChI is InChI=1S/C18H27N3O11/c1-7(22)20-14-16(31-10(4)25)15(30-9(3)24)12(6-29-8(2)23)32-17(14)21-11(18(27)28)5-13(19)26/h11-12,14-17,21H,5-6H2,1-4H3,(H2,19,26)(H,20,22)(H,27,28)/t11-,12-,14-,15-,16-,17-/m1/s1. The number of carbonyl (C=O) groups excluding carboxylic acids is 5. The lowest BCUT2D eigenvalue weighted by atomic mass is 9.94. The van der Waals surface area contributed by atoms with Gasteiger partial charge in [-0.1, -0.05) is 0 Å². The molecule has 1 heterocycles. The second-order valence-electron chi connectivity index (χ2n) is 7.00. The zero-order chi connectivity index (χ0) is 24.6. The Bertz CT molecular complexity index is 756. The van der Waals surface area contributed by atoms with E-state index in [2.05, 4.69) is 10.6 Å². The zero-order valence-corrected chi connectivity index (χ0v) is 18.0. The van der Waals surface area contributed by atoms with Gasteiger partial charge in [0.1, 0.15) is 31.0 Å². The number of carboxylic acids is 1. The number of carboxylic acid groups (broad SMARTS) is 1. The van der Waals surface area contributed by atoms with Crippen LogP contribution in [0, 0.1) is 0 Å². The molecule has 5 N–H and O–H groups in total. The Balaban J connectivity index is 3.41. The van der Waals surface area contributed by atoms with Crippen LogP contribution in [0.2, 0.25) is 0 Å². The predicted octanol–water partition coefficient (Wildman–Crippen LogP) is -2.44. The van der Waals surface area contributed by atoms with E-state index in [1.54, 1.807) is 0 Å². The number of ether oxygens (including phenoxy) is 4. The summed E-state index contributed by atoms with van der Waals surface area (Å²) in [6, 6.07) is -2.80. The van der Waals surface area contributed by atoms with Gasteiger partial charge in [0.15, 0.2) is 12.2 Å². The molecule has 32 heavy (non-hydrogen) atoms. The molecule has 0 aromatic rings. The van der Waals surface area contributed by atoms with Gasteiger partial charge in [-0.2, -0.15) is 0 Å². The Morgan fingerprint density at radius 2 is 1.53 bits per heavy atom. The molecule has 14 heteroatoms. The Morgan fingerprint density at radius 1 is 0.969 bits per heavy atom. The third-order valence-electron chi connectivity index (χ3n) is 4.19. The number of rotatable bonds is 10. The van der Waals surface area contributed by atoms with Crippen molar-refractivity contribution < 1.29 is 52.8 Å². The van der Waals surface area contributed by atoms with Gasteiger partial charge in [0.05, 0.1) is 6.42 Å². The van der Waals surface area contributed by atoms with Crippen LogP contribution in [0.3, 0.4) is 0 Å². The van der Waals surface area contributed by atoms with Crippen LogP contribution < -0.4 is 16.4 Å². The summed E-state index contributed by atoms with van der Waals surface area (Å²) in [4.78, 5) is 69.3. The average Bonchev–Trinajstić information content (AvgIpc) is 2.62. The lowest BCUT2D eigenvalue weighted by molar-refractivity contribution is -0.229. The van der Waals surface area contributed by atoms with E-state index in [-0.39, 0.29) is 0 Å². The Hall–Kier alpha value is -3.26. The molecule has 0 aromatic carbocycles. The summed E-state index contributed by atoms with van der Waals surface area (Å²) in [5.74, 6) is -5.26. The number of nitrogens with one attached hydrogen (secondary N) is 2. The topological polar surface area (TPSA) is 210 Å². The Kier molecular flexibility index (Phi) is 10.00. The fraction of sp³-hybridized carbons (Fsp3) is 0.667. The van der Waals surface area contributed by atoms with Crippen LogP contribution >= 0.6 is 0 Å². The molecule has 6 atom stereocenters. The molecule has 0 unspecified atom stereocenters. The van der Waals surface area contributed by atoms with Gasteiger partial charge in [-0.25, -0.2) is 0 Å². The molecule has 1 fully saturated rings. The first-order valence-corrected chi connectivity index (χ1v) is 9.49. The minimum Gasteiger partial charge on any atom is -0.480 e. The minimum atomic E-state index is -1.54. The van der Waals surface area contributed by atoms with Crippen LogP contribution in [0.25, 0.3) is 0 Å². The van der Waals surface area contributed by atoms with Crippen molar-refractivity contribution in [3.8, 4) is 0 Å². The van der Waals surface area contributed by atoms with Gasteiger partial charge in [0.2, 0.25) is 11.8 Å². The molecule has 180 valence electrons. The number of amides is 2. The number of carbonyl (C=O) groups is 6. The number of hydrogen-bond donors (Lipinski definition) is 4. The van der Waals surface area contributed by atoms with Gasteiger partial charge in [0.25, 0.3) is 0 Å². The molecular formula is C18H27N3O11. The number of aliphatic carboxylic acids is 1. The van der Waals surface area contributed by atoms with Crippen LogP contribution in [0.4, 0.5) is 0 Å². The van der Waals surface area contributed by atoms with E-state index < -0.39 is 85.3 Å². The molecule has 0 saturated carbocycles. The fourth-order valence-corrected chi connectivity index (χ4v) is 3.09. The third-order valence-corrected chi connectivity index (χ3v) is 4.19. The lowest BCUT2D eigenvalue weighted by Gasteiger charge is -2.46. The van der Waals surface area contributed by atoms with E-state index in [1.807, 2.05) is 0 Å². The smallest absolute Gasteiger partial charge is 0.321 e. The maximum atomic E-state index is 11.8. The molecule has 0 spiro atoms. The van der Waals surface area contributed by atoms with Crippen LogP contribution in [0.15, 0.2) is 0 Å². The minimum absolute atomic E-state index is 0.455. The van der Waals surface area contributed by atoms with Crippen molar-refractivity contribution >= 4 is 35.7 Å². The van der Waals surface area contributed by atoms with Gasteiger partial charge in [-0.05, 0) is 0 Å². The summed E-state index contributed by atoms with van der Waals surface area (Å²) in [5.41, 5.74) is 5.09.